The van der Waals surface area contributed by atoms with Crippen LogP contribution in [0.15, 0.2) is 72.4 Å². The first kappa shape index (κ1) is 71.5. The minimum atomic E-state index is -5.52. The molecule has 7 aromatic rings. The zero-order valence-corrected chi connectivity index (χ0v) is 54.9. The van der Waals surface area contributed by atoms with Gasteiger partial charge in [0.05, 0.1) is 51.8 Å². The van der Waals surface area contributed by atoms with Crippen molar-refractivity contribution in [2.24, 2.45) is 0 Å². The summed E-state index contributed by atoms with van der Waals surface area (Å²) in [6.07, 6.45) is -16.5. The SMILES string of the molecule is Cc1cn([C@H]2C[C@H](OP(=O)(O)OC[C@H]3O[C@@H](n4cnc5c(N)ncnc54)C[C@@H]3OP(=O)(O)OC[C@H]3O[C@@H](n4ccc(N)nc4=O)C[C@@H]3OP(=O)(O)OC[C@H]3O[C@@H](n4cc(C)c(=O)[nH]c4=O)C[C@@H]3OP(=O)(O)OC[C@H]3O[C@@H](n4cnc5c(=O)[nH]c(N)nc54)C[C@@H]3O)[C@@H](CO)O2)c(=O)[nH]c1=O. The van der Waals surface area contributed by atoms with E-state index in [1.807, 2.05) is 0 Å². The highest BCUT2D eigenvalue weighted by atomic mass is 31.2. The molecule has 99 heavy (non-hydrogen) atoms. The van der Waals surface area contributed by atoms with Crippen molar-refractivity contribution in [1.29, 1.82) is 0 Å². The van der Waals surface area contributed by atoms with Gasteiger partial charge in [-0.2, -0.15) is 9.97 Å². The number of aromatic amines is 3. The summed E-state index contributed by atoms with van der Waals surface area (Å²) in [5.41, 5.74) is 12.7. The smallest absolute Gasteiger partial charge is 0.394 e. The lowest BCUT2D eigenvalue weighted by Crippen LogP contribution is -2.33. The first-order valence-electron chi connectivity index (χ1n) is 29.6. The monoisotopic (exact) mass is 1480 g/mol. The Balaban J connectivity index is 0.730. The molecule has 0 spiro atoms. The maximum atomic E-state index is 14.2. The van der Waals surface area contributed by atoms with Crippen molar-refractivity contribution in [2.45, 2.75) is 138 Å². The average molecular weight is 1480 g/mol. The molecule has 5 fully saturated rings. The number of hydrogen-bond donors (Lipinski definition) is 12. The molecule has 0 aromatic carbocycles. The van der Waals surface area contributed by atoms with E-state index in [1.165, 1.54) is 47.9 Å². The highest BCUT2D eigenvalue weighted by Crippen LogP contribution is 2.55. The molecule has 0 bridgehead atoms. The van der Waals surface area contributed by atoms with Gasteiger partial charge in [0, 0.05) is 61.8 Å². The van der Waals surface area contributed by atoms with Crippen LogP contribution in [0.1, 0.15) is 74.4 Å². The van der Waals surface area contributed by atoms with Gasteiger partial charge >= 0.3 is 48.4 Å². The van der Waals surface area contributed by atoms with E-state index in [9.17, 15) is 76.8 Å². The number of rotatable bonds is 26. The second-order valence-electron chi connectivity index (χ2n) is 23.1. The minimum absolute atomic E-state index is 0.00557. The Hall–Kier alpha value is -7.30. The van der Waals surface area contributed by atoms with Crippen LogP contribution in [0.2, 0.25) is 0 Å². The number of hydrogen-bond acceptors (Lipinski definition) is 34. The van der Waals surface area contributed by atoms with Gasteiger partial charge in [0.15, 0.2) is 22.6 Å². The quantitative estimate of drug-likeness (QED) is 0.0249. The topological polar surface area (TPSA) is 639 Å². The number of phosphoric ester groups is 4. The molecular formula is C49H63N17O29P4. The van der Waals surface area contributed by atoms with Gasteiger partial charge in [0.2, 0.25) is 5.95 Å². The third-order valence-electron chi connectivity index (χ3n) is 16.3. The van der Waals surface area contributed by atoms with Crippen LogP contribution in [0.3, 0.4) is 0 Å². The number of nitrogen functional groups attached to an aromatic ring is 3. The van der Waals surface area contributed by atoms with E-state index >= 15 is 0 Å². The van der Waals surface area contributed by atoms with Crippen molar-refractivity contribution in [2.75, 3.05) is 50.2 Å². The van der Waals surface area contributed by atoms with E-state index in [0.29, 0.717) is 0 Å². The lowest BCUT2D eigenvalue weighted by atomic mass is 10.2. The number of aromatic nitrogens is 14. The van der Waals surface area contributed by atoms with Gasteiger partial charge in [-0.25, -0.2) is 52.6 Å². The van der Waals surface area contributed by atoms with Crippen LogP contribution in [-0.2, 0) is 78.1 Å². The maximum absolute atomic E-state index is 14.2. The minimum Gasteiger partial charge on any atom is -0.394 e. The number of fused-ring (bicyclic) bond motifs is 2. The molecule has 4 unspecified atom stereocenters. The molecule has 0 radical (unpaired) electrons. The third-order valence-corrected chi connectivity index (χ3v) is 20.4. The Bertz CT molecular complexity index is 4780. The first-order chi connectivity index (χ1) is 46.8. The summed E-state index contributed by atoms with van der Waals surface area (Å²) in [6.45, 7) is -1.86. The van der Waals surface area contributed by atoms with Gasteiger partial charge in [-0.1, -0.05) is 0 Å². The van der Waals surface area contributed by atoms with Gasteiger partial charge in [-0.3, -0.25) is 88.4 Å². The van der Waals surface area contributed by atoms with Crippen LogP contribution in [0.5, 0.6) is 0 Å². The molecule has 12 rings (SSSR count). The van der Waals surface area contributed by atoms with E-state index < -0.39 is 203 Å². The molecule has 5 aliphatic heterocycles. The predicted octanol–water partition coefficient (Wildman–Crippen LogP) is -2.52. The molecule has 50 heteroatoms. The Kier molecular flexibility index (Phi) is 20.4. The molecule has 7 aromatic heterocycles. The van der Waals surface area contributed by atoms with Crippen molar-refractivity contribution in [3.63, 3.8) is 0 Å². The molecule has 0 amide bonds. The first-order valence-corrected chi connectivity index (χ1v) is 35.6. The average Bonchev–Trinajstić information content (AvgIpc) is 1.66. The van der Waals surface area contributed by atoms with Crippen molar-refractivity contribution >= 4 is 71.2 Å². The van der Waals surface area contributed by atoms with Crippen molar-refractivity contribution < 1.29 is 108 Å². The highest BCUT2D eigenvalue weighted by Gasteiger charge is 2.50. The number of nitrogens with zero attached hydrogens (tertiary/aromatic N) is 11. The fourth-order valence-corrected chi connectivity index (χ4v) is 15.4. The van der Waals surface area contributed by atoms with E-state index in [4.69, 9.17) is 77.1 Å². The second-order valence-corrected chi connectivity index (χ2v) is 28.7. The molecule has 12 heterocycles. The summed E-state index contributed by atoms with van der Waals surface area (Å²) >= 11 is 0. The largest absolute Gasteiger partial charge is 0.472 e. The summed E-state index contributed by atoms with van der Waals surface area (Å²) in [4.78, 5) is 151. The molecule has 0 aliphatic carbocycles. The number of aryl methyl sites for hydroxylation is 2. The second kappa shape index (κ2) is 28.3. The fourth-order valence-electron chi connectivity index (χ4n) is 11.5. The molecule has 5 saturated heterocycles. The number of anilines is 3. The Morgan fingerprint density at radius 1 is 0.515 bits per heavy atom. The number of ether oxygens (including phenoxy) is 5. The zero-order chi connectivity index (χ0) is 70.8. The van der Waals surface area contributed by atoms with Crippen LogP contribution < -0.4 is 50.9 Å². The number of nitrogens with one attached hydrogen (secondary N) is 3. The molecule has 19 atom stereocenters. The highest BCUT2D eigenvalue weighted by molar-refractivity contribution is 7.48. The van der Waals surface area contributed by atoms with Gasteiger partial charge in [-0.05, 0) is 19.9 Å². The predicted molar refractivity (Wildman–Crippen MR) is 326 cm³/mol. The number of aliphatic hydroxyl groups excluding tert-OH is 2. The van der Waals surface area contributed by atoms with E-state index in [0.717, 1.165) is 32.4 Å². The molecular weight excluding hydrogens is 1410 g/mol. The Labute approximate surface area is 550 Å². The summed E-state index contributed by atoms with van der Waals surface area (Å²) in [7, 11) is -21.6. The van der Waals surface area contributed by atoms with Crippen LogP contribution in [0, 0.1) is 13.8 Å². The number of nitrogens with two attached hydrogens (primary N) is 3. The summed E-state index contributed by atoms with van der Waals surface area (Å²) in [5, 5.41) is 21.0. The lowest BCUT2D eigenvalue weighted by molar-refractivity contribution is -0.0645. The summed E-state index contributed by atoms with van der Waals surface area (Å²) in [5.74, 6) is -0.487. The van der Waals surface area contributed by atoms with Gasteiger partial charge in [0.1, 0.15) is 104 Å². The van der Waals surface area contributed by atoms with Crippen molar-refractivity contribution in [3.8, 4) is 0 Å². The molecule has 0 saturated carbocycles. The number of H-pyrrole nitrogens is 3. The standard InChI is InChI=1S/C49H63N17O29P4/c1-20-10-63(48(73)60-43(20)69)35-6-23(27(12-67)87-35)92-97(77,78)84-16-31-26(9-37(91-31)65-18-55-38-40(51)53-17-54-41(38)65)95-99(81,82)85-14-29-24(7-34(89-29)62-4-3-32(50)57-47(62)72)93-98(79,80)86-15-30-25(8-36(90-30)64-11-21(2)44(70)61-49(64)74)94-96(75,76)83-13-28-22(68)5-33(88-28)66-19-56-39-42(66)58-46(52)59-45(39)71/h3-4,10-11,17-19,22-31,33-37,67-68H,5-9,12-16H2,1-2H3,(H,75,76)(H,77,78)(H,79,80)(H,81,82)(H2,50,57,72)(H2,51,53,54)(H,60,69,73)(H,61,70,74)(H3,52,58,59,71)/t22-,23-,24-,25-,26-,27+,28+,29+,30+,31+,33+,34+,35+,36+,37+/m0/s1. The summed E-state index contributed by atoms with van der Waals surface area (Å²) < 4.78 is 134. The van der Waals surface area contributed by atoms with Crippen molar-refractivity contribution in [1.82, 2.24) is 67.7 Å². The van der Waals surface area contributed by atoms with Crippen molar-refractivity contribution in [3.05, 3.63) is 117 Å². The van der Waals surface area contributed by atoms with Crippen LogP contribution in [0.25, 0.3) is 22.3 Å². The lowest BCUT2D eigenvalue weighted by Gasteiger charge is -2.25. The maximum Gasteiger partial charge on any atom is 0.472 e. The molecule has 5 aliphatic rings. The Morgan fingerprint density at radius 2 is 0.929 bits per heavy atom. The van der Waals surface area contributed by atoms with Crippen LogP contribution >= 0.6 is 31.3 Å². The van der Waals surface area contributed by atoms with Gasteiger partial charge < -0.3 is 70.7 Å². The van der Waals surface area contributed by atoms with Gasteiger partial charge in [0.25, 0.3) is 16.7 Å². The van der Waals surface area contributed by atoms with E-state index in [1.54, 1.807) is 0 Å². The number of imidazole rings is 2. The van der Waals surface area contributed by atoms with Gasteiger partial charge in [-0.15, -0.1) is 0 Å². The number of aliphatic hydroxyl groups is 2. The fraction of sp³-hybridized carbons (Fsp3) is 0.551. The van der Waals surface area contributed by atoms with Crippen LogP contribution in [-0.4, -0.2) is 192 Å². The third kappa shape index (κ3) is 15.9. The van der Waals surface area contributed by atoms with E-state index in [-0.39, 0.29) is 70.3 Å². The molecule has 46 nitrogen and oxygen atoms in total. The normalized spacial score (nSPS) is 29.7. The van der Waals surface area contributed by atoms with Crippen LogP contribution in [0.4, 0.5) is 17.6 Å². The zero-order valence-electron chi connectivity index (χ0n) is 51.3. The molecule has 15 N–H and O–H groups in total. The molecule has 538 valence electrons. The van der Waals surface area contributed by atoms with E-state index in [2.05, 4.69) is 44.9 Å². The summed E-state index contributed by atoms with van der Waals surface area (Å²) in [6, 6.07) is 1.21. The Morgan fingerprint density at radius 3 is 1.41 bits per heavy atom. The number of phosphoric acid groups is 4.